The zero-order chi connectivity index (χ0) is 21.4. The van der Waals surface area contributed by atoms with Gasteiger partial charge in [0.1, 0.15) is 6.17 Å². The highest BCUT2D eigenvalue weighted by molar-refractivity contribution is 5.90. The lowest BCUT2D eigenvalue weighted by molar-refractivity contribution is -0.270. The number of nitrogens with zero attached hydrogens (tertiary/aromatic N) is 1. The Balaban J connectivity index is 1.83. The minimum Gasteiger partial charge on any atom is -0.393 e. The first-order valence-corrected chi connectivity index (χ1v) is 10.6. The third kappa shape index (κ3) is 4.80. The molecule has 1 heterocycles. The second-order valence-electron chi connectivity index (χ2n) is 9.81. The Hall–Kier alpha value is -1.13. The Bertz CT molecular complexity index is 693. The van der Waals surface area contributed by atoms with Crippen LogP contribution in [0.15, 0.2) is 4.99 Å². The Kier molecular flexibility index (Phi) is 6.37. The van der Waals surface area contributed by atoms with E-state index in [4.69, 9.17) is 0 Å². The van der Waals surface area contributed by atoms with Crippen LogP contribution in [0, 0.1) is 35.1 Å². The van der Waals surface area contributed by atoms with Gasteiger partial charge in [0.15, 0.2) is 5.60 Å². The molecule has 2 saturated carbocycles. The molecule has 1 aliphatic heterocycles. The van der Waals surface area contributed by atoms with Crippen molar-refractivity contribution in [3.05, 3.63) is 0 Å². The molecular formula is C22H31F4NO2. The number of fused-ring (bicyclic) bond motifs is 1. The van der Waals surface area contributed by atoms with Crippen LogP contribution >= 0.6 is 0 Å². The molecule has 0 spiro atoms. The number of halogens is 4. The molecule has 0 aromatic carbocycles. The second-order valence-corrected chi connectivity index (χ2v) is 9.81. The van der Waals surface area contributed by atoms with Gasteiger partial charge in [-0.25, -0.2) is 9.38 Å². The molecule has 0 radical (unpaired) electrons. The van der Waals surface area contributed by atoms with Crippen molar-refractivity contribution >= 4 is 5.71 Å². The van der Waals surface area contributed by atoms with Crippen LogP contribution in [0.3, 0.4) is 0 Å². The molecule has 164 valence electrons. The smallest absolute Gasteiger partial charge is 0.393 e. The highest BCUT2D eigenvalue weighted by Crippen LogP contribution is 2.49. The summed E-state index contributed by atoms with van der Waals surface area (Å²) in [4.78, 5) is 4.07. The van der Waals surface area contributed by atoms with Crippen LogP contribution in [0.4, 0.5) is 17.6 Å². The van der Waals surface area contributed by atoms with Gasteiger partial charge in [0, 0.05) is 30.0 Å². The van der Waals surface area contributed by atoms with Crippen LogP contribution in [-0.2, 0) is 0 Å². The third-order valence-electron chi connectivity index (χ3n) is 7.15. The number of aliphatic hydroxyl groups excluding tert-OH is 1. The molecule has 3 nitrogen and oxygen atoms in total. The number of hydrogen-bond acceptors (Lipinski definition) is 3. The van der Waals surface area contributed by atoms with Crippen molar-refractivity contribution in [1.82, 2.24) is 0 Å². The number of alkyl halides is 4. The SMILES string of the molecule is CC(C)(CC(O)(CC1=NC#CC2CCCCC12)C(F)(F)F)C1CC(F)CCC1O. The molecule has 7 heteroatoms. The minimum atomic E-state index is -4.86. The van der Waals surface area contributed by atoms with Gasteiger partial charge in [0.2, 0.25) is 0 Å². The number of aliphatic hydroxyl groups is 2. The zero-order valence-corrected chi connectivity index (χ0v) is 17.1. The molecule has 0 aromatic heterocycles. The fourth-order valence-electron chi connectivity index (χ4n) is 5.53. The van der Waals surface area contributed by atoms with Crippen molar-refractivity contribution in [2.75, 3.05) is 0 Å². The molecule has 0 saturated heterocycles. The van der Waals surface area contributed by atoms with Crippen molar-refractivity contribution in [2.45, 2.75) is 95.7 Å². The maximum Gasteiger partial charge on any atom is 0.417 e. The molecule has 3 rings (SSSR count). The molecule has 0 amide bonds. The van der Waals surface area contributed by atoms with Crippen molar-refractivity contribution in [2.24, 2.45) is 28.2 Å². The van der Waals surface area contributed by atoms with Gasteiger partial charge in [-0.05, 0) is 49.9 Å². The van der Waals surface area contributed by atoms with Gasteiger partial charge in [-0.2, -0.15) is 13.2 Å². The normalized spacial score (nSPS) is 35.0. The molecule has 2 fully saturated rings. The van der Waals surface area contributed by atoms with E-state index in [0.29, 0.717) is 5.71 Å². The maximum atomic E-state index is 14.1. The first-order chi connectivity index (χ1) is 13.4. The van der Waals surface area contributed by atoms with E-state index in [0.717, 1.165) is 25.7 Å². The monoisotopic (exact) mass is 417 g/mol. The molecule has 6 unspecified atom stereocenters. The summed E-state index contributed by atoms with van der Waals surface area (Å²) >= 11 is 0. The van der Waals surface area contributed by atoms with Gasteiger partial charge in [-0.15, -0.1) is 0 Å². The molecule has 6 atom stereocenters. The number of rotatable bonds is 5. The van der Waals surface area contributed by atoms with E-state index in [1.54, 1.807) is 13.8 Å². The van der Waals surface area contributed by atoms with E-state index in [2.05, 4.69) is 17.0 Å². The summed E-state index contributed by atoms with van der Waals surface area (Å²) in [5.41, 5.74) is -3.75. The predicted octanol–water partition coefficient (Wildman–Crippen LogP) is 4.81. The van der Waals surface area contributed by atoms with Crippen LogP contribution in [0.25, 0.3) is 0 Å². The molecule has 0 aromatic rings. The summed E-state index contributed by atoms with van der Waals surface area (Å²) in [6, 6.07) is 2.62. The van der Waals surface area contributed by atoms with Crippen molar-refractivity contribution in [3.8, 4) is 12.0 Å². The lowest BCUT2D eigenvalue weighted by Crippen LogP contribution is -2.53. The molecule has 29 heavy (non-hydrogen) atoms. The van der Waals surface area contributed by atoms with Gasteiger partial charge in [-0.1, -0.05) is 32.6 Å². The van der Waals surface area contributed by atoms with E-state index >= 15 is 0 Å². The van der Waals surface area contributed by atoms with Gasteiger partial charge < -0.3 is 10.2 Å². The van der Waals surface area contributed by atoms with Crippen molar-refractivity contribution in [3.63, 3.8) is 0 Å². The summed E-state index contributed by atoms with van der Waals surface area (Å²) in [6.45, 7) is 3.17. The van der Waals surface area contributed by atoms with Crippen LogP contribution < -0.4 is 0 Å². The standard InChI is InChI=1S/C22H31F4NO2/c1-20(2,17-11-15(23)7-8-19(17)28)13-21(29,22(24,25)26)12-18-16-6-4-3-5-14(16)9-10-27-18/h14-17,19,28-29H,3-8,11-13H2,1-2H3. The van der Waals surface area contributed by atoms with Crippen molar-refractivity contribution < 1.29 is 27.8 Å². The van der Waals surface area contributed by atoms with Crippen LogP contribution in [0.5, 0.6) is 0 Å². The van der Waals surface area contributed by atoms with E-state index in [9.17, 15) is 27.8 Å². The summed E-state index contributed by atoms with van der Waals surface area (Å²) < 4.78 is 56.2. The highest BCUT2D eigenvalue weighted by atomic mass is 19.4. The Morgan fingerprint density at radius 1 is 1.10 bits per heavy atom. The van der Waals surface area contributed by atoms with Crippen LogP contribution in [0.2, 0.25) is 0 Å². The number of aliphatic imine (C=N–C) groups is 1. The fraction of sp³-hybridized carbons (Fsp3) is 0.864. The highest BCUT2D eigenvalue weighted by Gasteiger charge is 2.58. The Morgan fingerprint density at radius 2 is 1.79 bits per heavy atom. The lowest BCUT2D eigenvalue weighted by atomic mass is 9.63. The van der Waals surface area contributed by atoms with Crippen LogP contribution in [-0.4, -0.2) is 40.0 Å². The largest absolute Gasteiger partial charge is 0.417 e. The third-order valence-corrected chi connectivity index (χ3v) is 7.15. The van der Waals surface area contributed by atoms with Crippen molar-refractivity contribution in [1.29, 1.82) is 0 Å². The van der Waals surface area contributed by atoms with Gasteiger partial charge >= 0.3 is 6.18 Å². The summed E-state index contributed by atoms with van der Waals surface area (Å²) in [6.07, 6.45) is -4.12. The lowest BCUT2D eigenvalue weighted by Gasteiger charge is -2.46. The first kappa shape index (κ1) is 22.6. The molecular weight excluding hydrogens is 386 g/mol. The Morgan fingerprint density at radius 3 is 2.48 bits per heavy atom. The quantitative estimate of drug-likeness (QED) is 0.498. The Labute approximate surface area is 170 Å². The summed E-state index contributed by atoms with van der Waals surface area (Å²) in [7, 11) is 0. The molecule has 2 N–H and O–H groups in total. The topological polar surface area (TPSA) is 52.8 Å². The second kappa shape index (κ2) is 8.19. The fourth-order valence-corrected chi connectivity index (χ4v) is 5.53. The average molecular weight is 417 g/mol. The van der Waals surface area contributed by atoms with Gasteiger partial charge in [0.05, 0.1) is 6.10 Å². The van der Waals surface area contributed by atoms with E-state index in [1.165, 1.54) is 0 Å². The van der Waals surface area contributed by atoms with E-state index in [-0.39, 0.29) is 31.1 Å². The summed E-state index contributed by atoms with van der Waals surface area (Å²) in [5.74, 6) is 2.24. The maximum absolute atomic E-state index is 14.1. The average Bonchev–Trinajstić information content (AvgIpc) is 2.62. The zero-order valence-electron chi connectivity index (χ0n) is 17.1. The predicted molar refractivity (Wildman–Crippen MR) is 103 cm³/mol. The van der Waals surface area contributed by atoms with E-state index < -0.39 is 48.2 Å². The molecule has 0 bridgehead atoms. The minimum absolute atomic E-state index is 0.00852. The molecule has 2 aliphatic carbocycles. The van der Waals surface area contributed by atoms with Gasteiger partial charge in [-0.3, -0.25) is 0 Å². The van der Waals surface area contributed by atoms with E-state index in [1.807, 2.05) is 0 Å². The number of hydrogen-bond donors (Lipinski definition) is 2. The van der Waals surface area contributed by atoms with Crippen LogP contribution in [0.1, 0.15) is 71.6 Å². The molecule has 3 aliphatic rings. The van der Waals surface area contributed by atoms with Gasteiger partial charge in [0.25, 0.3) is 0 Å². The summed E-state index contributed by atoms with van der Waals surface area (Å²) in [5, 5.41) is 21.2. The first-order valence-electron chi connectivity index (χ1n) is 10.6.